The SMILES string of the molecule is O[C@H](COCc1ccccc1)[C@@H](OCc1ccccc1)[C@@H](/C=C/c1ccccc1-c1ccccc1)OCc1ccccc1. The first-order valence-electron chi connectivity index (χ1n) is 14.7. The fourth-order valence-electron chi connectivity index (χ4n) is 4.91. The summed E-state index contributed by atoms with van der Waals surface area (Å²) in [6.07, 6.45) is 1.90. The third-order valence-corrected chi connectivity index (χ3v) is 7.18. The van der Waals surface area contributed by atoms with Crippen LogP contribution in [0.1, 0.15) is 22.3 Å². The lowest BCUT2D eigenvalue weighted by Gasteiger charge is -2.30. The topological polar surface area (TPSA) is 47.9 Å². The Morgan fingerprint density at radius 3 is 1.63 bits per heavy atom. The van der Waals surface area contributed by atoms with Gasteiger partial charge < -0.3 is 19.3 Å². The van der Waals surface area contributed by atoms with E-state index >= 15 is 0 Å². The largest absolute Gasteiger partial charge is 0.388 e. The van der Waals surface area contributed by atoms with Crippen molar-refractivity contribution < 1.29 is 19.3 Å². The van der Waals surface area contributed by atoms with Crippen LogP contribution in [0.4, 0.5) is 0 Å². The molecule has 3 atom stereocenters. The Morgan fingerprint density at radius 2 is 1.02 bits per heavy atom. The standard InChI is InChI=1S/C39H38O4/c40-37(30-41-27-31-15-5-1-6-16-31)39(43-29-33-19-9-3-10-20-33)38(42-28-32-17-7-2-8-18-32)26-25-35-23-13-14-24-36(35)34-21-11-4-12-22-34/h1-26,37-40H,27-30H2/b26-25+/t37-,38-,39-/m1/s1. The molecule has 0 spiro atoms. The predicted octanol–water partition coefficient (Wildman–Crippen LogP) is 8.12. The lowest BCUT2D eigenvalue weighted by molar-refractivity contribution is -0.133. The summed E-state index contributed by atoms with van der Waals surface area (Å²) in [6.45, 7) is 1.22. The first-order chi connectivity index (χ1) is 21.3. The van der Waals surface area contributed by atoms with E-state index in [1.54, 1.807) is 0 Å². The quantitative estimate of drug-likeness (QED) is 0.138. The molecule has 5 aromatic rings. The Balaban J connectivity index is 1.41. The summed E-state index contributed by atoms with van der Waals surface area (Å²) in [5.74, 6) is 0. The first-order valence-corrected chi connectivity index (χ1v) is 14.7. The molecule has 4 nitrogen and oxygen atoms in total. The Kier molecular flexibility index (Phi) is 11.5. The maximum atomic E-state index is 11.5. The van der Waals surface area contributed by atoms with Gasteiger partial charge in [0.2, 0.25) is 0 Å². The minimum Gasteiger partial charge on any atom is -0.388 e. The zero-order valence-corrected chi connectivity index (χ0v) is 24.2. The van der Waals surface area contributed by atoms with Crippen LogP contribution in [0.25, 0.3) is 17.2 Å². The molecule has 1 N–H and O–H groups in total. The molecule has 0 fully saturated rings. The van der Waals surface area contributed by atoms with Gasteiger partial charge in [0.15, 0.2) is 0 Å². The third kappa shape index (κ3) is 9.34. The number of rotatable bonds is 15. The van der Waals surface area contributed by atoms with Crippen molar-refractivity contribution in [1.82, 2.24) is 0 Å². The highest BCUT2D eigenvalue weighted by Crippen LogP contribution is 2.26. The van der Waals surface area contributed by atoms with Gasteiger partial charge >= 0.3 is 0 Å². The molecule has 5 rings (SSSR count). The molecule has 0 amide bonds. The summed E-state index contributed by atoms with van der Waals surface area (Å²) in [4.78, 5) is 0. The van der Waals surface area contributed by atoms with Crippen LogP contribution in [0.5, 0.6) is 0 Å². The number of ether oxygens (including phenoxy) is 3. The zero-order chi connectivity index (χ0) is 29.5. The number of benzene rings is 5. The van der Waals surface area contributed by atoms with E-state index in [9.17, 15) is 5.11 Å². The monoisotopic (exact) mass is 570 g/mol. The molecule has 0 aliphatic carbocycles. The van der Waals surface area contributed by atoms with Gasteiger partial charge in [-0.1, -0.05) is 158 Å². The third-order valence-electron chi connectivity index (χ3n) is 7.18. The minimum atomic E-state index is -0.929. The molecule has 0 saturated heterocycles. The average Bonchev–Trinajstić information content (AvgIpc) is 3.07. The van der Waals surface area contributed by atoms with E-state index in [1.807, 2.05) is 127 Å². The van der Waals surface area contributed by atoms with Gasteiger partial charge in [-0.3, -0.25) is 0 Å². The summed E-state index contributed by atoms with van der Waals surface area (Å²) in [5.41, 5.74) is 6.42. The molecule has 5 aromatic carbocycles. The number of aliphatic hydroxyl groups is 1. The first kappa shape index (κ1) is 30.1. The lowest BCUT2D eigenvalue weighted by Crippen LogP contribution is -2.42. The normalized spacial score (nSPS) is 13.5. The zero-order valence-electron chi connectivity index (χ0n) is 24.2. The van der Waals surface area contributed by atoms with E-state index in [0.29, 0.717) is 19.8 Å². The molecule has 4 heteroatoms. The molecule has 218 valence electrons. The molecular formula is C39H38O4. The second-order valence-corrected chi connectivity index (χ2v) is 10.4. The van der Waals surface area contributed by atoms with Crippen LogP contribution in [0, 0.1) is 0 Å². The summed E-state index contributed by atoms with van der Waals surface area (Å²) >= 11 is 0. The van der Waals surface area contributed by atoms with Gasteiger partial charge in [-0.05, 0) is 33.4 Å². The van der Waals surface area contributed by atoms with Crippen molar-refractivity contribution in [2.75, 3.05) is 6.61 Å². The maximum Gasteiger partial charge on any atom is 0.116 e. The smallest absolute Gasteiger partial charge is 0.116 e. The molecule has 0 aliphatic heterocycles. The van der Waals surface area contributed by atoms with Crippen LogP contribution >= 0.6 is 0 Å². The maximum absolute atomic E-state index is 11.5. The highest BCUT2D eigenvalue weighted by Gasteiger charge is 2.29. The van der Waals surface area contributed by atoms with Gasteiger partial charge in [0.25, 0.3) is 0 Å². The fourth-order valence-corrected chi connectivity index (χ4v) is 4.91. The molecule has 0 aliphatic rings. The van der Waals surface area contributed by atoms with Crippen molar-refractivity contribution in [3.63, 3.8) is 0 Å². The van der Waals surface area contributed by atoms with Crippen LogP contribution < -0.4 is 0 Å². The molecule has 0 heterocycles. The van der Waals surface area contributed by atoms with Crippen LogP contribution in [-0.4, -0.2) is 30.0 Å². The second-order valence-electron chi connectivity index (χ2n) is 10.4. The van der Waals surface area contributed by atoms with Crippen LogP contribution in [-0.2, 0) is 34.0 Å². The van der Waals surface area contributed by atoms with Crippen molar-refractivity contribution in [3.8, 4) is 11.1 Å². The van der Waals surface area contributed by atoms with Gasteiger partial charge in [-0.15, -0.1) is 0 Å². The van der Waals surface area contributed by atoms with Crippen molar-refractivity contribution in [3.05, 3.63) is 174 Å². The van der Waals surface area contributed by atoms with Gasteiger partial charge in [-0.25, -0.2) is 0 Å². The molecule has 0 bridgehead atoms. The Bertz CT molecular complexity index is 1500. The molecular weight excluding hydrogens is 532 g/mol. The van der Waals surface area contributed by atoms with E-state index in [4.69, 9.17) is 14.2 Å². The molecule has 43 heavy (non-hydrogen) atoms. The van der Waals surface area contributed by atoms with E-state index in [1.165, 1.54) is 0 Å². The summed E-state index contributed by atoms with van der Waals surface area (Å²) in [5, 5.41) is 11.5. The van der Waals surface area contributed by atoms with Gasteiger partial charge in [0.05, 0.1) is 26.4 Å². The molecule has 0 unspecified atom stereocenters. The van der Waals surface area contributed by atoms with Gasteiger partial charge in [0.1, 0.15) is 18.3 Å². The average molecular weight is 571 g/mol. The summed E-state index contributed by atoms with van der Waals surface area (Å²) in [7, 11) is 0. The number of aliphatic hydroxyl groups excluding tert-OH is 1. The number of hydrogen-bond acceptors (Lipinski definition) is 4. The Hall–Kier alpha value is -4.32. The second kappa shape index (κ2) is 16.4. The van der Waals surface area contributed by atoms with Crippen molar-refractivity contribution in [1.29, 1.82) is 0 Å². The van der Waals surface area contributed by atoms with Crippen LogP contribution in [0.15, 0.2) is 152 Å². The fraction of sp³-hybridized carbons (Fsp3) is 0.179. The van der Waals surface area contributed by atoms with E-state index in [-0.39, 0.29) is 6.61 Å². The van der Waals surface area contributed by atoms with Crippen molar-refractivity contribution in [2.24, 2.45) is 0 Å². The highest BCUT2D eigenvalue weighted by molar-refractivity contribution is 5.75. The Morgan fingerprint density at radius 1 is 0.535 bits per heavy atom. The molecule has 0 radical (unpaired) electrons. The highest BCUT2D eigenvalue weighted by atomic mass is 16.6. The minimum absolute atomic E-state index is 0.105. The summed E-state index contributed by atoms with van der Waals surface area (Å²) in [6, 6.07) is 48.6. The van der Waals surface area contributed by atoms with E-state index < -0.39 is 18.3 Å². The Labute approximate surface area is 254 Å². The van der Waals surface area contributed by atoms with Crippen molar-refractivity contribution in [2.45, 2.75) is 38.1 Å². The lowest BCUT2D eigenvalue weighted by atomic mass is 9.98. The summed E-state index contributed by atoms with van der Waals surface area (Å²) < 4.78 is 18.9. The van der Waals surface area contributed by atoms with Gasteiger partial charge in [0, 0.05) is 0 Å². The van der Waals surface area contributed by atoms with E-state index in [2.05, 4.69) is 30.3 Å². The van der Waals surface area contributed by atoms with Gasteiger partial charge in [-0.2, -0.15) is 0 Å². The van der Waals surface area contributed by atoms with E-state index in [0.717, 1.165) is 33.4 Å². The predicted molar refractivity (Wildman–Crippen MR) is 173 cm³/mol. The number of hydrogen-bond donors (Lipinski definition) is 1. The van der Waals surface area contributed by atoms with Crippen molar-refractivity contribution >= 4 is 6.08 Å². The van der Waals surface area contributed by atoms with Crippen LogP contribution in [0.2, 0.25) is 0 Å². The van der Waals surface area contributed by atoms with Crippen LogP contribution in [0.3, 0.4) is 0 Å². The molecule has 0 aromatic heterocycles. The molecule has 0 saturated carbocycles.